The van der Waals surface area contributed by atoms with E-state index < -0.39 is 0 Å². The molecule has 130 valence electrons. The van der Waals surface area contributed by atoms with Crippen LogP contribution in [0.1, 0.15) is 30.7 Å². The van der Waals surface area contributed by atoms with Crippen molar-refractivity contribution in [2.45, 2.75) is 30.7 Å². The molecule has 3 nitrogen and oxygen atoms in total. The van der Waals surface area contributed by atoms with Crippen LogP contribution in [-0.2, 0) is 0 Å². The molecule has 1 aromatic rings. The third-order valence-corrected chi connectivity index (χ3v) is 6.99. The summed E-state index contributed by atoms with van der Waals surface area (Å²) < 4.78 is 0. The summed E-state index contributed by atoms with van der Waals surface area (Å²) in [6, 6.07) is 9.06. The summed E-state index contributed by atoms with van der Waals surface area (Å²) in [5.41, 5.74) is 7.65. The molecule has 0 amide bonds. The van der Waals surface area contributed by atoms with Gasteiger partial charge in [-0.3, -0.25) is 0 Å². The van der Waals surface area contributed by atoms with Gasteiger partial charge in [-0.1, -0.05) is 30.4 Å². The van der Waals surface area contributed by atoms with Crippen LogP contribution in [0.4, 0.5) is 5.69 Å². The van der Waals surface area contributed by atoms with Gasteiger partial charge in [-0.25, -0.2) is 0 Å². The van der Waals surface area contributed by atoms with Crippen LogP contribution in [0, 0.1) is 0 Å². The van der Waals surface area contributed by atoms with Gasteiger partial charge < -0.3 is 14.7 Å². The van der Waals surface area contributed by atoms with E-state index in [1.807, 2.05) is 0 Å². The first-order valence-corrected chi connectivity index (χ1v) is 9.49. The number of rotatable bonds is 0. The molecule has 25 heavy (non-hydrogen) atoms. The standard InChI is InChI=1S/C22H27N3/c1-23-14-12-22(13-15-23)20-16-8-4-6-10-18(16)24(2)21(20)17-9-5-7-11-19(17)25(22)3/h4-8,10-11,20H,9,12-15H2,1-3H3. The van der Waals surface area contributed by atoms with Crippen molar-refractivity contribution >= 4 is 5.69 Å². The number of para-hydroxylation sites is 1. The lowest BCUT2D eigenvalue weighted by Crippen LogP contribution is -2.59. The van der Waals surface area contributed by atoms with Crippen LogP contribution >= 0.6 is 0 Å². The van der Waals surface area contributed by atoms with E-state index in [1.54, 1.807) is 5.70 Å². The Balaban J connectivity index is 1.77. The Bertz CT molecular complexity index is 808. The highest BCUT2D eigenvalue weighted by Crippen LogP contribution is 2.59. The average molecular weight is 333 g/mol. The van der Waals surface area contributed by atoms with Crippen molar-refractivity contribution in [1.82, 2.24) is 9.80 Å². The molecule has 1 atom stereocenters. The number of piperidine rings is 1. The first kappa shape index (κ1) is 15.3. The third kappa shape index (κ3) is 1.90. The summed E-state index contributed by atoms with van der Waals surface area (Å²) in [5.74, 6) is 0.492. The second kappa shape index (κ2) is 5.25. The number of benzene rings is 1. The van der Waals surface area contributed by atoms with Gasteiger partial charge in [0.1, 0.15) is 0 Å². The van der Waals surface area contributed by atoms with E-state index in [-0.39, 0.29) is 5.54 Å². The van der Waals surface area contributed by atoms with Crippen LogP contribution in [0.15, 0.2) is 59.5 Å². The summed E-state index contributed by atoms with van der Waals surface area (Å²) in [7, 11) is 6.87. The molecule has 1 spiro atoms. The smallest absolute Gasteiger partial charge is 0.0547 e. The van der Waals surface area contributed by atoms with Gasteiger partial charge in [-0.05, 0) is 49.6 Å². The predicted octanol–water partition coefficient (Wildman–Crippen LogP) is 3.73. The SMILES string of the molecule is CN1CCC2(CC1)C1C(=C3CC=CC=C3N2C)N(C)c2ccccc21. The van der Waals surface area contributed by atoms with Gasteiger partial charge in [0, 0.05) is 44.3 Å². The fraction of sp³-hybridized carbons (Fsp3) is 0.455. The van der Waals surface area contributed by atoms with E-state index in [9.17, 15) is 0 Å². The molecule has 3 aliphatic heterocycles. The van der Waals surface area contributed by atoms with Crippen molar-refractivity contribution in [3.8, 4) is 0 Å². The molecule has 1 fully saturated rings. The fourth-order valence-electron chi connectivity index (χ4n) is 5.59. The summed E-state index contributed by atoms with van der Waals surface area (Å²) in [4.78, 5) is 7.61. The molecule has 0 saturated carbocycles. The van der Waals surface area contributed by atoms with Crippen LogP contribution in [0.3, 0.4) is 0 Å². The quantitative estimate of drug-likeness (QED) is 0.716. The Morgan fingerprint density at radius 1 is 1.04 bits per heavy atom. The number of hydrogen-bond donors (Lipinski definition) is 0. The highest BCUT2D eigenvalue weighted by molar-refractivity contribution is 5.72. The largest absolute Gasteiger partial charge is 0.368 e. The molecular weight excluding hydrogens is 306 g/mol. The molecule has 1 saturated heterocycles. The third-order valence-electron chi connectivity index (χ3n) is 6.99. The van der Waals surface area contributed by atoms with Crippen LogP contribution in [-0.4, -0.2) is 49.6 Å². The van der Waals surface area contributed by atoms with Crippen LogP contribution in [0.5, 0.6) is 0 Å². The second-order valence-corrected chi connectivity index (χ2v) is 8.06. The van der Waals surface area contributed by atoms with Crippen molar-refractivity contribution in [3.05, 3.63) is 65.0 Å². The highest BCUT2D eigenvalue weighted by Gasteiger charge is 2.55. The number of fused-ring (bicyclic) bond motifs is 5. The molecule has 0 N–H and O–H groups in total. The first-order chi connectivity index (χ1) is 12.1. The van der Waals surface area contributed by atoms with Gasteiger partial charge >= 0.3 is 0 Å². The normalized spacial score (nSPS) is 27.3. The summed E-state index contributed by atoms with van der Waals surface area (Å²) in [5, 5.41) is 0. The number of likely N-dealkylation sites (tertiary alicyclic amines) is 1. The monoisotopic (exact) mass is 333 g/mol. The lowest BCUT2D eigenvalue weighted by molar-refractivity contribution is 0.0519. The molecule has 1 unspecified atom stereocenters. The Morgan fingerprint density at radius 2 is 1.80 bits per heavy atom. The van der Waals surface area contributed by atoms with Crippen molar-refractivity contribution < 1.29 is 0 Å². The van der Waals surface area contributed by atoms with E-state index in [0.717, 1.165) is 6.42 Å². The summed E-state index contributed by atoms with van der Waals surface area (Å²) >= 11 is 0. The maximum Gasteiger partial charge on any atom is 0.0547 e. The maximum atomic E-state index is 2.64. The van der Waals surface area contributed by atoms with Gasteiger partial charge in [-0.15, -0.1) is 0 Å². The minimum atomic E-state index is 0.198. The van der Waals surface area contributed by atoms with E-state index >= 15 is 0 Å². The average Bonchev–Trinajstić information content (AvgIpc) is 2.95. The lowest BCUT2D eigenvalue weighted by Gasteiger charge is -2.56. The molecule has 5 rings (SSSR count). The highest BCUT2D eigenvalue weighted by atomic mass is 15.3. The molecule has 1 aliphatic carbocycles. The zero-order valence-corrected chi connectivity index (χ0v) is 15.5. The van der Waals surface area contributed by atoms with Gasteiger partial charge in [0.05, 0.1) is 11.5 Å². The molecule has 3 heteroatoms. The maximum absolute atomic E-state index is 2.64. The Kier molecular flexibility index (Phi) is 3.21. The van der Waals surface area contributed by atoms with Crippen molar-refractivity contribution in [2.24, 2.45) is 0 Å². The molecule has 1 aromatic carbocycles. The zero-order valence-electron chi connectivity index (χ0n) is 15.5. The van der Waals surface area contributed by atoms with E-state index in [1.165, 1.54) is 48.5 Å². The molecule has 4 aliphatic rings. The van der Waals surface area contributed by atoms with Crippen LogP contribution in [0.25, 0.3) is 0 Å². The molecule has 3 heterocycles. The van der Waals surface area contributed by atoms with Gasteiger partial charge in [0.25, 0.3) is 0 Å². The Morgan fingerprint density at radius 3 is 2.60 bits per heavy atom. The summed E-state index contributed by atoms with van der Waals surface area (Å²) in [6.45, 7) is 2.36. The number of nitrogens with zero attached hydrogens (tertiary/aromatic N) is 3. The molecule has 0 bridgehead atoms. The van der Waals surface area contributed by atoms with Crippen molar-refractivity contribution in [2.75, 3.05) is 39.1 Å². The first-order valence-electron chi connectivity index (χ1n) is 9.49. The van der Waals surface area contributed by atoms with Gasteiger partial charge in [0.15, 0.2) is 0 Å². The lowest BCUT2D eigenvalue weighted by atomic mass is 9.67. The van der Waals surface area contributed by atoms with Crippen LogP contribution < -0.4 is 4.90 Å². The molecular formula is C22H27N3. The van der Waals surface area contributed by atoms with E-state index in [4.69, 9.17) is 0 Å². The topological polar surface area (TPSA) is 9.72 Å². The molecule has 0 aromatic heterocycles. The zero-order chi connectivity index (χ0) is 17.2. The Labute approximate surface area is 150 Å². The fourth-order valence-corrected chi connectivity index (χ4v) is 5.59. The Hall–Kier alpha value is -2.00. The van der Waals surface area contributed by atoms with Crippen molar-refractivity contribution in [1.29, 1.82) is 0 Å². The van der Waals surface area contributed by atoms with E-state index in [0.29, 0.717) is 5.92 Å². The van der Waals surface area contributed by atoms with Gasteiger partial charge in [0.2, 0.25) is 0 Å². The van der Waals surface area contributed by atoms with Crippen LogP contribution in [0.2, 0.25) is 0 Å². The minimum Gasteiger partial charge on any atom is -0.368 e. The number of anilines is 1. The predicted molar refractivity (Wildman–Crippen MR) is 104 cm³/mol. The van der Waals surface area contributed by atoms with Crippen molar-refractivity contribution in [3.63, 3.8) is 0 Å². The van der Waals surface area contributed by atoms with Gasteiger partial charge in [-0.2, -0.15) is 0 Å². The minimum absolute atomic E-state index is 0.198. The number of hydrogen-bond acceptors (Lipinski definition) is 3. The van der Waals surface area contributed by atoms with E-state index in [2.05, 4.69) is 78.3 Å². The number of allylic oxidation sites excluding steroid dienone is 4. The molecule has 0 radical (unpaired) electrons. The second-order valence-electron chi connectivity index (χ2n) is 8.06. The number of likely N-dealkylation sites (N-methyl/N-ethyl adjacent to an activating group) is 2. The summed E-state index contributed by atoms with van der Waals surface area (Å²) in [6.07, 6.45) is 10.4.